The summed E-state index contributed by atoms with van der Waals surface area (Å²) in [6.45, 7) is 0.857. The predicted molar refractivity (Wildman–Crippen MR) is 107 cm³/mol. The normalized spacial score (nSPS) is 10.0. The van der Waals surface area contributed by atoms with Gasteiger partial charge in [0, 0.05) is 24.6 Å². The Morgan fingerprint density at radius 2 is 1.66 bits per heavy atom. The van der Waals surface area contributed by atoms with E-state index in [2.05, 4.69) is 10.6 Å². The Balaban J connectivity index is 1.83. The Hall–Kier alpha value is -3.68. The first kappa shape index (κ1) is 21.6. The molecule has 2 aromatic carbocycles. The molecular formula is C21H22N2O6. The molecule has 0 unspecified atom stereocenters. The molecule has 0 heterocycles. The highest BCUT2D eigenvalue weighted by atomic mass is 16.5. The van der Waals surface area contributed by atoms with Gasteiger partial charge in [0.1, 0.15) is 5.75 Å². The van der Waals surface area contributed by atoms with Crippen molar-refractivity contribution in [3.05, 3.63) is 54.1 Å². The number of methoxy groups -OCH3 is 1. The van der Waals surface area contributed by atoms with Crippen molar-refractivity contribution in [2.75, 3.05) is 24.4 Å². The third kappa shape index (κ3) is 7.10. The van der Waals surface area contributed by atoms with Crippen molar-refractivity contribution in [2.24, 2.45) is 0 Å². The van der Waals surface area contributed by atoms with Crippen LogP contribution in [0.3, 0.4) is 0 Å². The third-order valence-corrected chi connectivity index (χ3v) is 3.81. The number of hydrogen-bond acceptors (Lipinski definition) is 6. The van der Waals surface area contributed by atoms with E-state index < -0.39 is 18.5 Å². The van der Waals surface area contributed by atoms with Gasteiger partial charge in [-0.15, -0.1) is 0 Å². The Morgan fingerprint density at radius 3 is 2.31 bits per heavy atom. The zero-order valence-corrected chi connectivity index (χ0v) is 16.2. The van der Waals surface area contributed by atoms with E-state index in [-0.39, 0.29) is 24.5 Å². The number of Topliss-reactive ketones (excluding diaryl/α,β-unsaturated/α-hetero) is 1. The minimum atomic E-state index is -0.650. The number of amides is 2. The number of benzene rings is 2. The van der Waals surface area contributed by atoms with Gasteiger partial charge in [-0.3, -0.25) is 19.2 Å². The SMILES string of the molecule is COc1ccc(NC(C)=O)cc1NC(=O)COC(=O)CCC(=O)c1ccccc1. The third-order valence-electron chi connectivity index (χ3n) is 3.81. The zero-order valence-electron chi connectivity index (χ0n) is 16.2. The largest absolute Gasteiger partial charge is 0.495 e. The molecule has 0 aromatic heterocycles. The van der Waals surface area contributed by atoms with Crippen LogP contribution in [0, 0.1) is 0 Å². The fraction of sp³-hybridized carbons (Fsp3) is 0.238. The molecule has 0 atom stereocenters. The number of ether oxygens (including phenoxy) is 2. The summed E-state index contributed by atoms with van der Waals surface area (Å²) in [5, 5.41) is 5.16. The van der Waals surface area contributed by atoms with E-state index in [1.54, 1.807) is 42.5 Å². The molecule has 2 amide bonds. The van der Waals surface area contributed by atoms with Gasteiger partial charge in [-0.25, -0.2) is 0 Å². The summed E-state index contributed by atoms with van der Waals surface area (Å²) in [5.41, 5.74) is 1.31. The van der Waals surface area contributed by atoms with Crippen LogP contribution in [0.15, 0.2) is 48.5 Å². The molecule has 0 saturated carbocycles. The second kappa shape index (κ2) is 10.6. The Bertz CT molecular complexity index is 895. The molecule has 152 valence electrons. The van der Waals surface area contributed by atoms with Crippen molar-refractivity contribution in [1.29, 1.82) is 0 Å². The van der Waals surface area contributed by atoms with Crippen molar-refractivity contribution in [1.82, 2.24) is 0 Å². The topological polar surface area (TPSA) is 111 Å². The van der Waals surface area contributed by atoms with Crippen LogP contribution < -0.4 is 15.4 Å². The van der Waals surface area contributed by atoms with E-state index in [9.17, 15) is 19.2 Å². The van der Waals surface area contributed by atoms with Crippen LogP contribution in [0.2, 0.25) is 0 Å². The number of anilines is 2. The summed E-state index contributed by atoms with van der Waals surface area (Å²) in [7, 11) is 1.44. The molecule has 2 rings (SSSR count). The van der Waals surface area contributed by atoms with Crippen molar-refractivity contribution in [3.63, 3.8) is 0 Å². The predicted octanol–water partition coefficient (Wildman–Crippen LogP) is 2.80. The van der Waals surface area contributed by atoms with Crippen LogP contribution in [-0.2, 0) is 19.1 Å². The summed E-state index contributed by atoms with van der Waals surface area (Å²) < 4.78 is 10.1. The Kier molecular flexibility index (Phi) is 7.90. The standard InChI is InChI=1S/C21H22N2O6/c1-14(24)22-16-8-10-19(28-2)17(12-16)23-20(26)13-29-21(27)11-9-18(25)15-6-4-3-5-7-15/h3-8,10,12H,9,11,13H2,1-2H3,(H,22,24)(H,23,26). The van der Waals surface area contributed by atoms with Crippen molar-refractivity contribution < 1.29 is 28.7 Å². The lowest BCUT2D eigenvalue weighted by Gasteiger charge is -2.12. The molecule has 0 bridgehead atoms. The summed E-state index contributed by atoms with van der Waals surface area (Å²) in [5.74, 6) is -1.28. The van der Waals surface area contributed by atoms with Crippen LogP contribution in [0.25, 0.3) is 0 Å². The molecule has 0 fully saturated rings. The number of carbonyl (C=O) groups is 4. The highest BCUT2D eigenvalue weighted by Gasteiger charge is 2.13. The molecule has 0 spiro atoms. The van der Waals surface area contributed by atoms with Crippen LogP contribution in [0.4, 0.5) is 11.4 Å². The number of carbonyl (C=O) groups excluding carboxylic acids is 4. The van der Waals surface area contributed by atoms with E-state index in [4.69, 9.17) is 9.47 Å². The summed E-state index contributed by atoms with van der Waals surface area (Å²) >= 11 is 0. The van der Waals surface area contributed by atoms with Gasteiger partial charge in [0.05, 0.1) is 19.2 Å². The van der Waals surface area contributed by atoms with Crippen LogP contribution in [0.1, 0.15) is 30.1 Å². The lowest BCUT2D eigenvalue weighted by atomic mass is 10.1. The van der Waals surface area contributed by atoms with Crippen molar-refractivity contribution >= 4 is 34.9 Å². The van der Waals surface area contributed by atoms with Crippen molar-refractivity contribution in [3.8, 4) is 5.75 Å². The summed E-state index contributed by atoms with van der Waals surface area (Å²) in [4.78, 5) is 47.0. The smallest absolute Gasteiger partial charge is 0.306 e. The molecule has 0 aliphatic carbocycles. The van der Waals surface area contributed by atoms with E-state index in [0.29, 0.717) is 22.7 Å². The van der Waals surface area contributed by atoms with Gasteiger partial charge in [0.15, 0.2) is 12.4 Å². The first-order valence-corrected chi connectivity index (χ1v) is 8.88. The minimum absolute atomic E-state index is 0.00293. The molecule has 2 N–H and O–H groups in total. The van der Waals surface area contributed by atoms with Gasteiger partial charge < -0.3 is 20.1 Å². The molecule has 2 aromatic rings. The quantitative estimate of drug-likeness (QED) is 0.496. The zero-order chi connectivity index (χ0) is 21.2. The maximum atomic E-state index is 12.1. The Labute approximate surface area is 168 Å². The van der Waals surface area contributed by atoms with Gasteiger partial charge in [-0.1, -0.05) is 30.3 Å². The number of nitrogens with one attached hydrogen (secondary N) is 2. The first-order chi connectivity index (χ1) is 13.9. The molecule has 29 heavy (non-hydrogen) atoms. The molecule has 0 radical (unpaired) electrons. The molecule has 0 saturated heterocycles. The molecule has 0 aliphatic heterocycles. The minimum Gasteiger partial charge on any atom is -0.495 e. The van der Waals surface area contributed by atoms with Gasteiger partial charge in [-0.2, -0.15) is 0 Å². The monoisotopic (exact) mass is 398 g/mol. The second-order valence-electron chi connectivity index (χ2n) is 6.09. The fourth-order valence-electron chi connectivity index (χ4n) is 2.48. The van der Waals surface area contributed by atoms with Crippen LogP contribution in [-0.4, -0.2) is 37.3 Å². The van der Waals surface area contributed by atoms with Gasteiger partial charge in [0.25, 0.3) is 5.91 Å². The van der Waals surface area contributed by atoms with Crippen LogP contribution in [0.5, 0.6) is 5.75 Å². The average molecular weight is 398 g/mol. The molecule has 8 heteroatoms. The number of esters is 1. The highest BCUT2D eigenvalue weighted by Crippen LogP contribution is 2.27. The number of ketones is 1. The van der Waals surface area contributed by atoms with E-state index in [0.717, 1.165) is 0 Å². The maximum Gasteiger partial charge on any atom is 0.306 e. The van der Waals surface area contributed by atoms with Crippen LogP contribution >= 0.6 is 0 Å². The highest BCUT2D eigenvalue weighted by molar-refractivity contribution is 5.98. The summed E-state index contributed by atoms with van der Waals surface area (Å²) in [6.07, 6.45) is -0.126. The Morgan fingerprint density at radius 1 is 0.931 bits per heavy atom. The van der Waals surface area contributed by atoms with Gasteiger partial charge in [0.2, 0.25) is 5.91 Å². The molecular weight excluding hydrogens is 376 g/mol. The number of rotatable bonds is 9. The average Bonchev–Trinajstić information content (AvgIpc) is 2.71. The van der Waals surface area contributed by atoms with Crippen molar-refractivity contribution in [2.45, 2.75) is 19.8 Å². The van der Waals surface area contributed by atoms with E-state index in [1.165, 1.54) is 20.1 Å². The maximum absolute atomic E-state index is 12.1. The molecule has 0 aliphatic rings. The lowest BCUT2D eigenvalue weighted by Crippen LogP contribution is -2.21. The number of hydrogen-bond donors (Lipinski definition) is 2. The summed E-state index contributed by atoms with van der Waals surface area (Å²) in [6, 6.07) is 13.4. The van der Waals surface area contributed by atoms with E-state index >= 15 is 0 Å². The fourth-order valence-corrected chi connectivity index (χ4v) is 2.48. The second-order valence-corrected chi connectivity index (χ2v) is 6.09. The van der Waals surface area contributed by atoms with Gasteiger partial charge in [-0.05, 0) is 18.2 Å². The first-order valence-electron chi connectivity index (χ1n) is 8.88. The van der Waals surface area contributed by atoms with E-state index in [1.807, 2.05) is 0 Å². The lowest BCUT2D eigenvalue weighted by molar-refractivity contribution is -0.147. The molecule has 8 nitrogen and oxygen atoms in total. The van der Waals surface area contributed by atoms with Gasteiger partial charge >= 0.3 is 5.97 Å².